The zero-order chi connectivity index (χ0) is 21.6. The molecule has 158 valence electrons. The van der Waals surface area contributed by atoms with Gasteiger partial charge in [0.15, 0.2) is 0 Å². The van der Waals surface area contributed by atoms with E-state index in [1.165, 1.54) is 13.4 Å². The quantitative estimate of drug-likeness (QED) is 0.541. The number of ether oxygens (including phenoxy) is 2. The SMILES string of the molecule is COCCOc1ccc(C(F)(F)F)cc1NC(=O)Cc1coc(-c2ccccc2)n1. The van der Waals surface area contributed by atoms with Crippen LogP contribution in [0.25, 0.3) is 11.5 Å². The molecule has 0 radical (unpaired) electrons. The Morgan fingerprint density at radius 3 is 2.60 bits per heavy atom. The van der Waals surface area contributed by atoms with Gasteiger partial charge >= 0.3 is 6.18 Å². The predicted octanol–water partition coefficient (Wildman–Crippen LogP) is 4.57. The molecular weight excluding hydrogens is 401 g/mol. The molecule has 0 aliphatic heterocycles. The second-order valence-corrected chi connectivity index (χ2v) is 6.28. The maximum Gasteiger partial charge on any atom is 0.416 e. The number of hydrogen-bond donors (Lipinski definition) is 1. The van der Waals surface area contributed by atoms with E-state index in [1.54, 1.807) is 0 Å². The molecular formula is C21H19F3N2O4. The van der Waals surface area contributed by atoms with Gasteiger partial charge in [0.25, 0.3) is 0 Å². The van der Waals surface area contributed by atoms with Crippen LogP contribution in [0.5, 0.6) is 5.75 Å². The van der Waals surface area contributed by atoms with Gasteiger partial charge in [0.05, 0.1) is 30.0 Å². The first kappa shape index (κ1) is 21.4. The Kier molecular flexibility index (Phi) is 6.73. The molecule has 1 heterocycles. The number of oxazole rings is 1. The third kappa shape index (κ3) is 5.60. The van der Waals surface area contributed by atoms with Crippen LogP contribution in [0.3, 0.4) is 0 Å². The second kappa shape index (κ2) is 9.45. The lowest BCUT2D eigenvalue weighted by atomic mass is 10.1. The van der Waals surface area contributed by atoms with Crippen molar-refractivity contribution in [2.24, 2.45) is 0 Å². The molecule has 0 aliphatic carbocycles. The van der Waals surface area contributed by atoms with Crippen molar-refractivity contribution in [2.45, 2.75) is 12.6 Å². The van der Waals surface area contributed by atoms with Crippen molar-refractivity contribution in [3.8, 4) is 17.2 Å². The zero-order valence-electron chi connectivity index (χ0n) is 16.0. The van der Waals surface area contributed by atoms with Gasteiger partial charge in [-0.25, -0.2) is 4.98 Å². The molecule has 3 aromatic rings. The van der Waals surface area contributed by atoms with Gasteiger partial charge in [0.2, 0.25) is 11.8 Å². The normalized spacial score (nSPS) is 11.3. The summed E-state index contributed by atoms with van der Waals surface area (Å²) in [4.78, 5) is 16.7. The number of anilines is 1. The first-order chi connectivity index (χ1) is 14.4. The number of nitrogens with one attached hydrogen (secondary N) is 1. The fourth-order valence-corrected chi connectivity index (χ4v) is 2.63. The van der Waals surface area contributed by atoms with Crippen LogP contribution in [0, 0.1) is 0 Å². The number of carbonyl (C=O) groups excluding carboxylic acids is 1. The minimum atomic E-state index is -4.55. The number of carbonyl (C=O) groups is 1. The lowest BCUT2D eigenvalue weighted by Crippen LogP contribution is -2.17. The summed E-state index contributed by atoms with van der Waals surface area (Å²) in [6.07, 6.45) is -3.39. The van der Waals surface area contributed by atoms with Gasteiger partial charge < -0.3 is 19.2 Å². The number of hydrogen-bond acceptors (Lipinski definition) is 5. The predicted molar refractivity (Wildman–Crippen MR) is 103 cm³/mol. The van der Waals surface area contributed by atoms with Crippen molar-refractivity contribution in [2.75, 3.05) is 25.6 Å². The molecule has 2 aromatic carbocycles. The number of rotatable bonds is 8. The molecule has 0 fully saturated rings. The van der Waals surface area contributed by atoms with E-state index < -0.39 is 17.6 Å². The average molecular weight is 420 g/mol. The largest absolute Gasteiger partial charge is 0.489 e. The number of benzene rings is 2. The smallest absolute Gasteiger partial charge is 0.416 e. The van der Waals surface area contributed by atoms with Gasteiger partial charge in [-0.1, -0.05) is 18.2 Å². The summed E-state index contributed by atoms with van der Waals surface area (Å²) < 4.78 is 54.8. The third-order valence-corrected chi connectivity index (χ3v) is 4.04. The van der Waals surface area contributed by atoms with Crippen molar-refractivity contribution in [3.05, 3.63) is 66.1 Å². The Balaban J connectivity index is 1.73. The lowest BCUT2D eigenvalue weighted by Gasteiger charge is -2.15. The van der Waals surface area contributed by atoms with E-state index in [0.29, 0.717) is 11.6 Å². The monoisotopic (exact) mass is 420 g/mol. The Bertz CT molecular complexity index is 987. The van der Waals surface area contributed by atoms with Gasteiger partial charge in [-0.15, -0.1) is 0 Å². The second-order valence-electron chi connectivity index (χ2n) is 6.28. The Labute approximate surface area is 170 Å². The van der Waals surface area contributed by atoms with Crippen molar-refractivity contribution >= 4 is 11.6 Å². The van der Waals surface area contributed by atoms with Gasteiger partial charge in [-0.3, -0.25) is 4.79 Å². The maximum atomic E-state index is 13.1. The highest BCUT2D eigenvalue weighted by atomic mass is 19.4. The van der Waals surface area contributed by atoms with Crippen LogP contribution in [-0.2, 0) is 22.1 Å². The Morgan fingerprint density at radius 2 is 1.90 bits per heavy atom. The fourth-order valence-electron chi connectivity index (χ4n) is 2.63. The van der Waals surface area contributed by atoms with Crippen molar-refractivity contribution in [1.82, 2.24) is 4.98 Å². The molecule has 0 atom stereocenters. The van der Waals surface area contributed by atoms with E-state index in [0.717, 1.165) is 23.8 Å². The molecule has 30 heavy (non-hydrogen) atoms. The van der Waals surface area contributed by atoms with Crippen LogP contribution < -0.4 is 10.1 Å². The van der Waals surface area contributed by atoms with Crippen LogP contribution >= 0.6 is 0 Å². The number of methoxy groups -OCH3 is 1. The average Bonchev–Trinajstić information content (AvgIpc) is 3.17. The highest BCUT2D eigenvalue weighted by Crippen LogP contribution is 2.35. The Morgan fingerprint density at radius 1 is 1.13 bits per heavy atom. The molecule has 3 rings (SSSR count). The van der Waals surface area contributed by atoms with E-state index in [2.05, 4.69) is 10.3 Å². The number of halogens is 3. The molecule has 0 saturated carbocycles. The zero-order valence-corrected chi connectivity index (χ0v) is 16.0. The van der Waals surface area contributed by atoms with Crippen LogP contribution in [0.4, 0.5) is 18.9 Å². The standard InChI is InChI=1S/C21H19F3N2O4/c1-28-9-10-29-18-8-7-15(21(22,23)24)11-17(18)26-19(27)12-16-13-30-20(25-16)14-5-3-2-4-6-14/h2-8,11,13H,9-10,12H2,1H3,(H,26,27). The van der Waals surface area contributed by atoms with Gasteiger partial charge in [-0.05, 0) is 30.3 Å². The molecule has 1 amide bonds. The number of amides is 1. The maximum absolute atomic E-state index is 13.1. The van der Waals surface area contributed by atoms with Gasteiger partial charge in [-0.2, -0.15) is 13.2 Å². The summed E-state index contributed by atoms with van der Waals surface area (Å²) in [6.45, 7) is 0.365. The summed E-state index contributed by atoms with van der Waals surface area (Å²) >= 11 is 0. The van der Waals surface area contributed by atoms with Crippen LogP contribution in [0.15, 0.2) is 59.2 Å². The molecule has 0 saturated heterocycles. The van der Waals surface area contributed by atoms with Crippen molar-refractivity contribution < 1.29 is 31.9 Å². The minimum absolute atomic E-state index is 0.0855. The van der Waals surface area contributed by atoms with E-state index in [9.17, 15) is 18.0 Å². The number of aromatic nitrogens is 1. The summed E-state index contributed by atoms with van der Waals surface area (Å²) in [7, 11) is 1.47. The summed E-state index contributed by atoms with van der Waals surface area (Å²) in [5.74, 6) is -0.0987. The molecule has 1 aromatic heterocycles. The first-order valence-corrected chi connectivity index (χ1v) is 8.99. The molecule has 1 N–H and O–H groups in total. The highest BCUT2D eigenvalue weighted by Gasteiger charge is 2.31. The molecule has 0 aliphatic rings. The topological polar surface area (TPSA) is 73.6 Å². The molecule has 0 bridgehead atoms. The number of nitrogens with zero attached hydrogens (tertiary/aromatic N) is 1. The van der Waals surface area contributed by atoms with Gasteiger partial charge in [0.1, 0.15) is 18.6 Å². The number of alkyl halides is 3. The summed E-state index contributed by atoms with van der Waals surface area (Å²) in [5.41, 5.74) is 0.110. The van der Waals surface area contributed by atoms with Crippen molar-refractivity contribution in [3.63, 3.8) is 0 Å². The van der Waals surface area contributed by atoms with Crippen LogP contribution in [0.1, 0.15) is 11.3 Å². The van der Waals surface area contributed by atoms with Crippen LogP contribution in [-0.4, -0.2) is 31.2 Å². The summed E-state index contributed by atoms with van der Waals surface area (Å²) in [6, 6.07) is 12.0. The molecule has 9 heteroatoms. The van der Waals surface area contributed by atoms with E-state index in [-0.39, 0.29) is 31.1 Å². The van der Waals surface area contributed by atoms with E-state index in [1.807, 2.05) is 30.3 Å². The fraction of sp³-hybridized carbons (Fsp3) is 0.238. The van der Waals surface area contributed by atoms with E-state index in [4.69, 9.17) is 13.9 Å². The van der Waals surface area contributed by atoms with Crippen LogP contribution in [0.2, 0.25) is 0 Å². The third-order valence-electron chi connectivity index (χ3n) is 4.04. The molecule has 6 nitrogen and oxygen atoms in total. The molecule has 0 spiro atoms. The van der Waals surface area contributed by atoms with E-state index >= 15 is 0 Å². The molecule has 0 unspecified atom stereocenters. The first-order valence-electron chi connectivity index (χ1n) is 8.99. The van der Waals surface area contributed by atoms with Crippen molar-refractivity contribution in [1.29, 1.82) is 0 Å². The minimum Gasteiger partial charge on any atom is -0.489 e. The Hall–Kier alpha value is -3.33. The highest BCUT2D eigenvalue weighted by molar-refractivity contribution is 5.93. The lowest BCUT2D eigenvalue weighted by molar-refractivity contribution is -0.137. The summed E-state index contributed by atoms with van der Waals surface area (Å²) in [5, 5.41) is 2.46. The van der Waals surface area contributed by atoms with Gasteiger partial charge in [0, 0.05) is 12.7 Å².